The number of nitrogens with two attached hydrogens (primary N) is 1. The van der Waals surface area contributed by atoms with Crippen molar-refractivity contribution in [2.45, 2.75) is 26.8 Å². The monoisotopic (exact) mass is 171 g/mol. The third-order valence-corrected chi connectivity index (χ3v) is 1.40. The van der Waals surface area contributed by atoms with Crippen LogP contribution in [0.4, 0.5) is 4.39 Å². The Bertz CT molecular complexity index is 209. The van der Waals surface area contributed by atoms with Gasteiger partial charge < -0.3 is 5.73 Å². The van der Waals surface area contributed by atoms with Crippen LogP contribution in [0, 0.1) is 5.82 Å². The van der Waals surface area contributed by atoms with Gasteiger partial charge in [0.2, 0.25) is 0 Å². The Morgan fingerprint density at radius 2 is 1.67 bits per heavy atom. The van der Waals surface area contributed by atoms with Crippen molar-refractivity contribution in [2.24, 2.45) is 5.73 Å². The van der Waals surface area contributed by atoms with Crippen LogP contribution in [-0.4, -0.2) is 0 Å². The molecule has 0 amide bonds. The molecule has 0 aliphatic carbocycles. The molecule has 12 heavy (non-hydrogen) atoms. The van der Waals surface area contributed by atoms with Crippen LogP contribution in [0.15, 0.2) is 24.3 Å². The van der Waals surface area contributed by atoms with Gasteiger partial charge in [-0.1, -0.05) is 26.0 Å². The lowest BCUT2D eigenvalue weighted by Gasteiger charge is -2.02. The van der Waals surface area contributed by atoms with Crippen LogP contribution in [0.2, 0.25) is 0 Å². The molecule has 0 fully saturated rings. The fraction of sp³-hybridized carbons (Fsp3) is 0.400. The quantitative estimate of drug-likeness (QED) is 0.690. The van der Waals surface area contributed by atoms with Gasteiger partial charge in [-0.2, -0.15) is 0 Å². The predicted octanol–water partition coefficient (Wildman–Crippen LogP) is 3.12. The van der Waals surface area contributed by atoms with E-state index >= 15 is 0 Å². The molecule has 0 aromatic heterocycles. The normalized spacial score (nSPS) is 11.4. The minimum Gasteiger partial charge on any atom is -0.324 e. The van der Waals surface area contributed by atoms with E-state index < -0.39 is 0 Å². The second-order valence-corrected chi connectivity index (χ2v) is 2.34. The molecule has 0 saturated carbocycles. The van der Waals surface area contributed by atoms with E-state index in [1.165, 1.54) is 12.1 Å². The number of rotatable bonds is 1. The Morgan fingerprint density at radius 3 is 2.00 bits per heavy atom. The average Bonchev–Trinajstić information content (AvgIpc) is 2.09. The Morgan fingerprint density at radius 1 is 1.25 bits per heavy atom. The van der Waals surface area contributed by atoms with E-state index in [0.29, 0.717) is 0 Å². The lowest BCUT2D eigenvalue weighted by atomic mass is 10.1. The fourth-order valence-electron chi connectivity index (χ4n) is 0.766. The molecule has 70 valence electrons. The van der Waals surface area contributed by atoms with Crippen LogP contribution in [0.1, 0.15) is 33.8 Å². The minimum absolute atomic E-state index is 0. The first-order valence-corrected chi connectivity index (χ1v) is 4.21. The Labute approximate surface area is 74.9 Å². The van der Waals surface area contributed by atoms with Crippen molar-refractivity contribution in [3.8, 4) is 0 Å². The molecule has 0 aliphatic heterocycles. The number of hydrogen-bond acceptors (Lipinski definition) is 1. The van der Waals surface area contributed by atoms with Crippen molar-refractivity contribution in [1.82, 2.24) is 0 Å². The van der Waals surface area contributed by atoms with E-state index in [9.17, 15) is 4.39 Å². The largest absolute Gasteiger partial charge is 0.324 e. The number of benzene rings is 1. The highest BCUT2D eigenvalue weighted by Gasteiger charge is 1.96. The molecule has 1 aromatic carbocycles. The first-order chi connectivity index (χ1) is 5.70. The second-order valence-electron chi connectivity index (χ2n) is 2.34. The van der Waals surface area contributed by atoms with Crippen molar-refractivity contribution < 1.29 is 5.82 Å². The van der Waals surface area contributed by atoms with E-state index in [0.717, 1.165) is 5.56 Å². The Kier molecular flexibility index (Phi) is 5.30. The standard InChI is InChI=1S/C8H10FN.C2H6.H2/c1-6(10)7-2-4-8(9)5-3-7;1-2;/h2-6H,10H2,1H3;1-2H3;1H. The Hall–Kier alpha value is -0.890. The Balaban J connectivity index is 0. The molecule has 0 aliphatic rings. The summed E-state index contributed by atoms with van der Waals surface area (Å²) in [5.74, 6) is -0.218. The molecule has 1 nitrogen and oxygen atoms in total. The van der Waals surface area contributed by atoms with Gasteiger partial charge in [0.1, 0.15) is 5.82 Å². The summed E-state index contributed by atoms with van der Waals surface area (Å²) in [7, 11) is 0. The highest BCUT2D eigenvalue weighted by molar-refractivity contribution is 5.18. The molecular weight excluding hydrogens is 153 g/mol. The van der Waals surface area contributed by atoms with Gasteiger partial charge in [-0.3, -0.25) is 0 Å². The van der Waals surface area contributed by atoms with Crippen LogP contribution in [0.5, 0.6) is 0 Å². The lowest BCUT2D eigenvalue weighted by molar-refractivity contribution is 0.626. The molecule has 2 heteroatoms. The first-order valence-electron chi connectivity index (χ1n) is 4.21. The minimum atomic E-state index is -0.218. The van der Waals surface area contributed by atoms with Crippen LogP contribution in [0.3, 0.4) is 0 Å². The predicted molar refractivity (Wildman–Crippen MR) is 52.5 cm³/mol. The van der Waals surface area contributed by atoms with E-state index in [1.54, 1.807) is 12.1 Å². The van der Waals surface area contributed by atoms with E-state index in [2.05, 4.69) is 0 Å². The second kappa shape index (κ2) is 5.72. The average molecular weight is 171 g/mol. The molecule has 0 spiro atoms. The topological polar surface area (TPSA) is 26.0 Å². The fourth-order valence-corrected chi connectivity index (χ4v) is 0.766. The maximum absolute atomic E-state index is 12.3. The summed E-state index contributed by atoms with van der Waals surface area (Å²) in [5, 5.41) is 0. The van der Waals surface area contributed by atoms with Gasteiger partial charge in [0.15, 0.2) is 0 Å². The molecule has 0 saturated heterocycles. The molecule has 1 rings (SSSR count). The first kappa shape index (κ1) is 11.1. The summed E-state index contributed by atoms with van der Waals surface area (Å²) in [6, 6.07) is 6.21. The van der Waals surface area contributed by atoms with Crippen LogP contribution < -0.4 is 5.73 Å². The molecule has 0 radical (unpaired) electrons. The van der Waals surface area contributed by atoms with E-state index in [4.69, 9.17) is 5.73 Å². The summed E-state index contributed by atoms with van der Waals surface area (Å²) in [5.41, 5.74) is 6.50. The molecule has 0 heterocycles. The van der Waals surface area contributed by atoms with E-state index in [1.807, 2.05) is 20.8 Å². The number of hydrogen-bond donors (Lipinski definition) is 1. The summed E-state index contributed by atoms with van der Waals surface area (Å²) in [6.07, 6.45) is 0. The molecule has 1 unspecified atom stereocenters. The highest BCUT2D eigenvalue weighted by atomic mass is 19.1. The lowest BCUT2D eigenvalue weighted by Crippen LogP contribution is -2.04. The van der Waals surface area contributed by atoms with Crippen LogP contribution >= 0.6 is 0 Å². The van der Waals surface area contributed by atoms with Gasteiger partial charge in [-0.15, -0.1) is 0 Å². The molecule has 1 aromatic rings. The zero-order valence-corrected chi connectivity index (χ0v) is 7.84. The third-order valence-electron chi connectivity index (χ3n) is 1.40. The molecule has 2 N–H and O–H groups in total. The van der Waals surface area contributed by atoms with E-state index in [-0.39, 0.29) is 13.3 Å². The van der Waals surface area contributed by atoms with Gasteiger partial charge in [-0.05, 0) is 24.6 Å². The van der Waals surface area contributed by atoms with Crippen molar-refractivity contribution in [3.63, 3.8) is 0 Å². The molecular formula is C10H18FN. The van der Waals surface area contributed by atoms with Crippen LogP contribution in [0.25, 0.3) is 0 Å². The van der Waals surface area contributed by atoms with Gasteiger partial charge in [0, 0.05) is 7.47 Å². The highest BCUT2D eigenvalue weighted by Crippen LogP contribution is 2.09. The maximum Gasteiger partial charge on any atom is 0.123 e. The van der Waals surface area contributed by atoms with Crippen molar-refractivity contribution in [1.29, 1.82) is 0 Å². The third kappa shape index (κ3) is 3.49. The zero-order valence-electron chi connectivity index (χ0n) is 7.84. The summed E-state index contributed by atoms with van der Waals surface area (Å²) in [4.78, 5) is 0. The van der Waals surface area contributed by atoms with Crippen molar-refractivity contribution in [3.05, 3.63) is 35.6 Å². The van der Waals surface area contributed by atoms with Gasteiger partial charge in [0.05, 0.1) is 0 Å². The SMILES string of the molecule is CC.CC(N)c1ccc(F)cc1.[HH]. The van der Waals surface area contributed by atoms with Crippen LogP contribution in [-0.2, 0) is 0 Å². The van der Waals surface area contributed by atoms with Gasteiger partial charge in [-0.25, -0.2) is 4.39 Å². The summed E-state index contributed by atoms with van der Waals surface area (Å²) >= 11 is 0. The van der Waals surface area contributed by atoms with Gasteiger partial charge in [0.25, 0.3) is 0 Å². The number of halogens is 1. The molecule has 1 atom stereocenters. The summed E-state index contributed by atoms with van der Waals surface area (Å²) < 4.78 is 12.3. The van der Waals surface area contributed by atoms with Crippen molar-refractivity contribution in [2.75, 3.05) is 0 Å². The zero-order chi connectivity index (χ0) is 9.56. The summed E-state index contributed by atoms with van der Waals surface area (Å²) in [6.45, 7) is 5.87. The molecule has 0 bridgehead atoms. The van der Waals surface area contributed by atoms with Crippen molar-refractivity contribution >= 4 is 0 Å². The van der Waals surface area contributed by atoms with Gasteiger partial charge >= 0.3 is 0 Å². The smallest absolute Gasteiger partial charge is 0.123 e. The maximum atomic E-state index is 12.3.